The Balaban J connectivity index is 2.07. The van der Waals surface area contributed by atoms with E-state index in [1.165, 1.54) is 4.90 Å². The second kappa shape index (κ2) is 10.6. The highest BCUT2D eigenvalue weighted by molar-refractivity contribution is 5.96. The normalized spacial score (nSPS) is 14.9. The van der Waals surface area contributed by atoms with Gasteiger partial charge in [0.25, 0.3) is 5.91 Å². The molecule has 6 nitrogen and oxygen atoms in total. The van der Waals surface area contributed by atoms with Gasteiger partial charge in [-0.25, -0.2) is 0 Å². The molecule has 2 rings (SSSR count). The first kappa shape index (κ1) is 23.2. The van der Waals surface area contributed by atoms with E-state index in [4.69, 9.17) is 4.74 Å². The van der Waals surface area contributed by atoms with E-state index in [1.54, 1.807) is 4.90 Å². The molecule has 2 amide bonds. The second-order valence-corrected chi connectivity index (χ2v) is 7.21. The second-order valence-electron chi connectivity index (χ2n) is 7.21. The maximum absolute atomic E-state index is 12.9. The first-order valence-corrected chi connectivity index (χ1v) is 9.75. The molecule has 0 radical (unpaired) electrons. The van der Waals surface area contributed by atoms with Crippen LogP contribution in [0.4, 0.5) is 13.2 Å². The van der Waals surface area contributed by atoms with Gasteiger partial charge in [-0.3, -0.25) is 9.59 Å². The third-order valence-electron chi connectivity index (χ3n) is 4.57. The van der Waals surface area contributed by atoms with Gasteiger partial charge in [0.15, 0.2) is 0 Å². The number of alkyl halides is 3. The number of halogens is 3. The van der Waals surface area contributed by atoms with Crippen molar-refractivity contribution in [3.8, 4) is 0 Å². The Morgan fingerprint density at radius 3 is 2.34 bits per heavy atom. The molecule has 1 N–H and O–H groups in total. The smallest absolute Gasteiger partial charge is 0.379 e. The molecule has 0 bridgehead atoms. The summed E-state index contributed by atoms with van der Waals surface area (Å²) in [4.78, 5) is 28.5. The lowest BCUT2D eigenvalue weighted by Crippen LogP contribution is -2.50. The Morgan fingerprint density at radius 1 is 1.17 bits per heavy atom. The van der Waals surface area contributed by atoms with Gasteiger partial charge in [0, 0.05) is 44.9 Å². The summed E-state index contributed by atoms with van der Waals surface area (Å²) in [6.07, 6.45) is -3.89. The largest absolute Gasteiger partial charge is 0.416 e. The molecule has 1 aliphatic rings. The van der Waals surface area contributed by atoms with Crippen LogP contribution < -0.4 is 5.32 Å². The Hall–Kier alpha value is -2.13. The zero-order chi connectivity index (χ0) is 21.4. The molecule has 0 aliphatic carbocycles. The fourth-order valence-corrected chi connectivity index (χ4v) is 2.99. The molecule has 1 aromatic rings. The van der Waals surface area contributed by atoms with E-state index in [0.29, 0.717) is 39.2 Å². The maximum atomic E-state index is 12.9. The molecule has 162 valence electrons. The van der Waals surface area contributed by atoms with E-state index in [0.717, 1.165) is 24.3 Å². The highest BCUT2D eigenvalue weighted by Crippen LogP contribution is 2.29. The number of benzene rings is 1. The molecule has 1 aromatic carbocycles. The van der Waals surface area contributed by atoms with Crippen molar-refractivity contribution >= 4 is 11.8 Å². The van der Waals surface area contributed by atoms with Gasteiger partial charge >= 0.3 is 6.18 Å². The van der Waals surface area contributed by atoms with Crippen molar-refractivity contribution in [3.05, 3.63) is 35.4 Å². The van der Waals surface area contributed by atoms with Crippen LogP contribution in [0, 0.1) is 0 Å². The van der Waals surface area contributed by atoms with E-state index < -0.39 is 17.6 Å². The molecule has 0 atom stereocenters. The predicted octanol–water partition coefficient (Wildman–Crippen LogP) is 2.39. The summed E-state index contributed by atoms with van der Waals surface area (Å²) >= 11 is 0. The highest BCUT2D eigenvalue weighted by Gasteiger charge is 2.30. The SMILES string of the molecule is CC(C)OCCCN(CC(=O)N1CCNCC1)C(=O)c1ccc(C(F)(F)F)cc1. The molecule has 1 saturated heterocycles. The topological polar surface area (TPSA) is 61.9 Å². The lowest BCUT2D eigenvalue weighted by atomic mass is 10.1. The van der Waals surface area contributed by atoms with Crippen LogP contribution in [0.1, 0.15) is 36.2 Å². The number of nitrogens with zero attached hydrogens (tertiary/aromatic N) is 2. The molecule has 0 aromatic heterocycles. The number of piperazine rings is 1. The van der Waals surface area contributed by atoms with Crippen molar-refractivity contribution in [1.29, 1.82) is 0 Å². The Kier molecular flexibility index (Phi) is 8.45. The number of nitrogens with one attached hydrogen (secondary N) is 1. The minimum absolute atomic E-state index is 0.0524. The van der Waals surface area contributed by atoms with E-state index in [9.17, 15) is 22.8 Å². The van der Waals surface area contributed by atoms with Crippen LogP contribution in [0.2, 0.25) is 0 Å². The average Bonchev–Trinajstić information content (AvgIpc) is 2.69. The molecule has 0 unspecified atom stereocenters. The fourth-order valence-electron chi connectivity index (χ4n) is 2.99. The molecule has 1 aliphatic heterocycles. The van der Waals surface area contributed by atoms with Gasteiger partial charge in [0.1, 0.15) is 6.54 Å². The van der Waals surface area contributed by atoms with Crippen LogP contribution in [0.25, 0.3) is 0 Å². The fraction of sp³-hybridized carbons (Fsp3) is 0.600. The maximum Gasteiger partial charge on any atom is 0.416 e. The van der Waals surface area contributed by atoms with Gasteiger partial charge in [0.05, 0.1) is 11.7 Å². The molecule has 0 saturated carbocycles. The first-order valence-electron chi connectivity index (χ1n) is 9.75. The minimum Gasteiger partial charge on any atom is -0.379 e. The van der Waals surface area contributed by atoms with Crippen LogP contribution in [0.5, 0.6) is 0 Å². The predicted molar refractivity (Wildman–Crippen MR) is 103 cm³/mol. The van der Waals surface area contributed by atoms with Crippen molar-refractivity contribution in [2.45, 2.75) is 32.5 Å². The number of amides is 2. The number of rotatable bonds is 8. The molecule has 29 heavy (non-hydrogen) atoms. The van der Waals surface area contributed by atoms with Crippen molar-refractivity contribution < 1.29 is 27.5 Å². The van der Waals surface area contributed by atoms with Gasteiger partial charge in [-0.2, -0.15) is 13.2 Å². The molecular weight excluding hydrogens is 387 g/mol. The zero-order valence-electron chi connectivity index (χ0n) is 16.8. The molecular formula is C20H28F3N3O3. The molecule has 1 fully saturated rings. The lowest BCUT2D eigenvalue weighted by Gasteiger charge is -2.30. The minimum atomic E-state index is -4.46. The van der Waals surface area contributed by atoms with Gasteiger partial charge in [0.2, 0.25) is 5.91 Å². The van der Waals surface area contributed by atoms with Crippen molar-refractivity contribution in [2.24, 2.45) is 0 Å². The summed E-state index contributed by atoms with van der Waals surface area (Å²) in [5.41, 5.74) is -0.696. The Labute approximate surface area is 169 Å². The monoisotopic (exact) mass is 415 g/mol. The van der Waals surface area contributed by atoms with E-state index >= 15 is 0 Å². The molecule has 1 heterocycles. The number of hydrogen-bond acceptors (Lipinski definition) is 4. The van der Waals surface area contributed by atoms with Gasteiger partial charge in [-0.05, 0) is 44.5 Å². The van der Waals surface area contributed by atoms with Crippen molar-refractivity contribution in [3.63, 3.8) is 0 Å². The van der Waals surface area contributed by atoms with Crippen LogP contribution >= 0.6 is 0 Å². The molecule has 0 spiro atoms. The summed E-state index contributed by atoms with van der Waals surface area (Å²) in [5.74, 6) is -0.636. The summed E-state index contributed by atoms with van der Waals surface area (Å²) in [5, 5.41) is 3.16. The Morgan fingerprint density at radius 2 is 1.79 bits per heavy atom. The number of carbonyl (C=O) groups excluding carboxylic acids is 2. The highest BCUT2D eigenvalue weighted by atomic mass is 19.4. The summed E-state index contributed by atoms with van der Waals surface area (Å²) in [6, 6.07) is 4.06. The lowest BCUT2D eigenvalue weighted by molar-refractivity contribution is -0.137. The van der Waals surface area contributed by atoms with Crippen LogP contribution in [-0.4, -0.2) is 73.6 Å². The summed E-state index contributed by atoms with van der Waals surface area (Å²) in [6.45, 7) is 6.93. The number of hydrogen-bond donors (Lipinski definition) is 1. The van der Waals surface area contributed by atoms with E-state index in [1.807, 2.05) is 13.8 Å². The first-order chi connectivity index (χ1) is 13.7. The Bertz CT molecular complexity index is 672. The standard InChI is InChI=1S/C20H28F3N3O3/c1-15(2)29-13-3-10-26(14-18(27)25-11-8-24-9-12-25)19(28)16-4-6-17(7-5-16)20(21,22)23/h4-7,15,24H,3,8-14H2,1-2H3. The van der Waals surface area contributed by atoms with Gasteiger partial charge in [-0.15, -0.1) is 0 Å². The van der Waals surface area contributed by atoms with Gasteiger partial charge in [-0.1, -0.05) is 0 Å². The summed E-state index contributed by atoms with van der Waals surface area (Å²) < 4.78 is 43.8. The van der Waals surface area contributed by atoms with E-state index in [-0.39, 0.29) is 30.7 Å². The third kappa shape index (κ3) is 7.32. The van der Waals surface area contributed by atoms with Crippen LogP contribution in [0.3, 0.4) is 0 Å². The molecule has 9 heteroatoms. The van der Waals surface area contributed by atoms with Crippen molar-refractivity contribution in [1.82, 2.24) is 15.1 Å². The zero-order valence-corrected chi connectivity index (χ0v) is 16.8. The van der Waals surface area contributed by atoms with E-state index in [2.05, 4.69) is 5.32 Å². The average molecular weight is 415 g/mol. The third-order valence-corrected chi connectivity index (χ3v) is 4.57. The van der Waals surface area contributed by atoms with Crippen LogP contribution in [-0.2, 0) is 15.7 Å². The van der Waals surface area contributed by atoms with Crippen LogP contribution in [0.15, 0.2) is 24.3 Å². The summed E-state index contributed by atoms with van der Waals surface area (Å²) in [7, 11) is 0. The number of ether oxygens (including phenoxy) is 1. The quantitative estimate of drug-likeness (QED) is 0.663. The van der Waals surface area contributed by atoms with Gasteiger partial charge < -0.3 is 19.9 Å². The van der Waals surface area contributed by atoms with Crippen molar-refractivity contribution in [2.75, 3.05) is 45.9 Å². The number of carbonyl (C=O) groups is 2.